The molecule has 290 valence electrons. The fourth-order valence-corrected chi connectivity index (χ4v) is 6.86. The van der Waals surface area contributed by atoms with Gasteiger partial charge in [-0.1, -0.05) is 127 Å². The van der Waals surface area contributed by atoms with Gasteiger partial charge < -0.3 is 33.5 Å². The van der Waals surface area contributed by atoms with Crippen LogP contribution in [0.25, 0.3) is 0 Å². The van der Waals surface area contributed by atoms with E-state index in [0.29, 0.717) is 27.9 Å². The van der Waals surface area contributed by atoms with Gasteiger partial charge in [0.2, 0.25) is 5.88 Å². The predicted octanol–water partition coefficient (Wildman–Crippen LogP) is 8.61. The minimum absolute atomic E-state index is 0.0151. The average Bonchev–Trinajstić information content (AvgIpc) is 3.56. The first kappa shape index (κ1) is 39.5. The Bertz CT molecular complexity index is 2110. The summed E-state index contributed by atoms with van der Waals surface area (Å²) in [5.41, 5.74) is 5.65. The normalized spacial score (nSPS) is 20.9. The molecule has 1 aliphatic rings. The summed E-state index contributed by atoms with van der Waals surface area (Å²) >= 11 is 3.23. The fourth-order valence-electron chi connectivity index (χ4n) is 6.61. The van der Waals surface area contributed by atoms with Crippen LogP contribution in [0.2, 0.25) is 0 Å². The van der Waals surface area contributed by atoms with Crippen molar-refractivity contribution in [3.63, 3.8) is 0 Å². The number of halogens is 2. The molecule has 9 nitrogen and oxygen atoms in total. The van der Waals surface area contributed by atoms with Crippen molar-refractivity contribution in [2.24, 2.45) is 0 Å². The molecule has 0 radical (unpaired) electrons. The Morgan fingerprint density at radius 2 is 1.21 bits per heavy atom. The highest BCUT2D eigenvalue weighted by Crippen LogP contribution is 2.38. The van der Waals surface area contributed by atoms with Crippen LogP contribution in [-0.4, -0.2) is 52.3 Å². The van der Waals surface area contributed by atoms with Gasteiger partial charge in [-0.3, -0.25) is 5.10 Å². The maximum absolute atomic E-state index is 14.6. The van der Waals surface area contributed by atoms with Gasteiger partial charge in [-0.15, -0.1) is 5.10 Å². The summed E-state index contributed by atoms with van der Waals surface area (Å²) in [7, 11) is 0. The number of aromatic nitrogens is 2. The van der Waals surface area contributed by atoms with Gasteiger partial charge in [-0.05, 0) is 62.8 Å². The highest BCUT2D eigenvalue weighted by molar-refractivity contribution is 9.10. The summed E-state index contributed by atoms with van der Waals surface area (Å²) < 4.78 is 54.4. The molecule has 0 saturated carbocycles. The number of nitrogens with zero attached hydrogens (tertiary/aromatic N) is 1. The smallest absolute Gasteiger partial charge is 0.356 e. The van der Waals surface area contributed by atoms with E-state index in [9.17, 15) is 9.50 Å². The van der Waals surface area contributed by atoms with E-state index in [0.717, 1.165) is 22.3 Å². The lowest BCUT2D eigenvalue weighted by atomic mass is 9.96. The van der Waals surface area contributed by atoms with E-state index in [1.54, 1.807) is 6.07 Å². The van der Waals surface area contributed by atoms with E-state index in [1.807, 2.05) is 134 Å². The molecule has 2 heterocycles. The average molecular weight is 824 g/mol. The molecule has 1 fully saturated rings. The van der Waals surface area contributed by atoms with Gasteiger partial charge in [0.25, 0.3) is 0 Å². The first-order valence-corrected chi connectivity index (χ1v) is 19.3. The van der Waals surface area contributed by atoms with Crippen molar-refractivity contribution in [2.45, 2.75) is 70.2 Å². The Morgan fingerprint density at radius 1 is 0.696 bits per heavy atom. The summed E-state index contributed by atoms with van der Waals surface area (Å²) in [5.74, 6) is -2.80. The molecule has 5 aromatic carbocycles. The van der Waals surface area contributed by atoms with Gasteiger partial charge >= 0.3 is 5.97 Å². The number of rotatable bonds is 17. The molecule has 0 aliphatic carbocycles. The molecule has 1 aliphatic heterocycles. The number of hydrogen-bond donors (Lipinski definition) is 2. The van der Waals surface area contributed by atoms with E-state index in [4.69, 9.17) is 28.4 Å². The first-order chi connectivity index (χ1) is 27.3. The van der Waals surface area contributed by atoms with Crippen LogP contribution in [-0.2, 0) is 56.5 Å². The predicted molar refractivity (Wildman–Crippen MR) is 212 cm³/mol. The lowest BCUT2D eigenvalue weighted by Gasteiger charge is -2.49. The minimum atomic E-state index is -2.47. The summed E-state index contributed by atoms with van der Waals surface area (Å²) in [4.78, 5) is 0. The number of H-pyrrole nitrogens is 1. The van der Waals surface area contributed by atoms with Crippen LogP contribution >= 0.6 is 15.9 Å². The molecular formula is C45H44BrFN2O7. The van der Waals surface area contributed by atoms with Crippen LogP contribution in [0.3, 0.4) is 0 Å². The first-order valence-electron chi connectivity index (χ1n) is 18.5. The van der Waals surface area contributed by atoms with Crippen LogP contribution in [0, 0.1) is 12.7 Å². The number of hydrogen-bond acceptors (Lipinski definition) is 8. The SMILES string of the molecule is Cc1[nH]nc(O[C@@]2(O)O[C@H](COCc3ccccc3)[C@@H](OCc3ccccc3)[C@H](OCc3ccccc3)[C@H]2OCc2ccccc2)c1Cc1ccc(Br)c(F)c1. The summed E-state index contributed by atoms with van der Waals surface area (Å²) in [5, 5.41) is 20.2. The zero-order valence-electron chi connectivity index (χ0n) is 30.9. The second kappa shape index (κ2) is 18.9. The molecule has 0 amide bonds. The standard InChI is InChI=1S/C45H44BrFN2O7/c1-31-37(24-36-22-23-38(46)39(47)25-36)44(49-48-31)56-45(50)43(54-29-35-20-12-5-13-21-35)42(53-28-34-18-10-4-11-19-34)41(52-27-33-16-8-3-9-17-33)40(55-45)30-51-26-32-14-6-2-7-15-32/h2-23,25,40-43,50H,24,26-30H2,1H3,(H,48,49)/t40-,41-,42+,43-,45+/m1/s1. The quantitative estimate of drug-likeness (QED) is 0.0883. The summed E-state index contributed by atoms with van der Waals surface area (Å²) in [6.07, 6.45) is -3.67. The topological polar surface area (TPSA) is 104 Å². The molecule has 5 atom stereocenters. The molecule has 1 aromatic heterocycles. The molecule has 56 heavy (non-hydrogen) atoms. The van der Waals surface area contributed by atoms with E-state index in [-0.39, 0.29) is 38.7 Å². The zero-order valence-corrected chi connectivity index (χ0v) is 32.5. The van der Waals surface area contributed by atoms with Gasteiger partial charge in [-0.25, -0.2) is 4.39 Å². The minimum Gasteiger partial charge on any atom is -0.417 e. The largest absolute Gasteiger partial charge is 0.417 e. The van der Waals surface area contributed by atoms with Crippen molar-refractivity contribution >= 4 is 15.9 Å². The summed E-state index contributed by atoms with van der Waals surface area (Å²) in [6.45, 7) is 2.64. The van der Waals surface area contributed by atoms with E-state index in [1.165, 1.54) is 6.07 Å². The second-order valence-electron chi connectivity index (χ2n) is 13.7. The summed E-state index contributed by atoms with van der Waals surface area (Å²) in [6, 6.07) is 43.8. The monoisotopic (exact) mass is 822 g/mol. The van der Waals surface area contributed by atoms with Crippen LogP contribution in [0.15, 0.2) is 144 Å². The molecule has 0 unspecified atom stereocenters. The van der Waals surface area contributed by atoms with Crippen LogP contribution < -0.4 is 4.74 Å². The zero-order chi connectivity index (χ0) is 38.7. The van der Waals surface area contributed by atoms with Gasteiger partial charge in [0.1, 0.15) is 24.1 Å². The number of nitrogens with one attached hydrogen (secondary N) is 1. The molecule has 7 rings (SSSR count). The van der Waals surface area contributed by atoms with E-state index < -0.39 is 36.2 Å². The number of ether oxygens (including phenoxy) is 6. The molecular weight excluding hydrogens is 779 g/mol. The molecule has 6 aromatic rings. The third-order valence-corrected chi connectivity index (χ3v) is 10.2. The Labute approximate surface area is 334 Å². The van der Waals surface area contributed by atoms with E-state index in [2.05, 4.69) is 26.1 Å². The number of aliphatic hydroxyl groups is 1. The van der Waals surface area contributed by atoms with Crippen LogP contribution in [0.5, 0.6) is 5.88 Å². The van der Waals surface area contributed by atoms with Crippen molar-refractivity contribution in [1.82, 2.24) is 10.2 Å². The van der Waals surface area contributed by atoms with Crippen molar-refractivity contribution in [2.75, 3.05) is 6.61 Å². The fraction of sp³-hybridized carbons (Fsp3) is 0.267. The van der Waals surface area contributed by atoms with Gasteiger partial charge in [0.15, 0.2) is 6.10 Å². The Morgan fingerprint density at radius 3 is 1.77 bits per heavy atom. The van der Waals surface area contributed by atoms with Gasteiger partial charge in [0.05, 0.1) is 37.5 Å². The number of benzene rings is 5. The molecule has 0 bridgehead atoms. The highest BCUT2D eigenvalue weighted by atomic mass is 79.9. The lowest BCUT2D eigenvalue weighted by Crippen LogP contribution is -2.69. The Hall–Kier alpha value is -4.72. The second-order valence-corrected chi connectivity index (χ2v) is 14.5. The van der Waals surface area contributed by atoms with Crippen LogP contribution in [0.1, 0.15) is 39.1 Å². The maximum atomic E-state index is 14.6. The molecule has 11 heteroatoms. The lowest BCUT2D eigenvalue weighted by molar-refractivity contribution is -0.436. The highest BCUT2D eigenvalue weighted by Gasteiger charge is 2.59. The van der Waals surface area contributed by atoms with Crippen molar-refractivity contribution in [1.29, 1.82) is 0 Å². The van der Waals surface area contributed by atoms with Crippen molar-refractivity contribution in [3.05, 3.63) is 189 Å². The van der Waals surface area contributed by atoms with Crippen molar-refractivity contribution in [3.8, 4) is 5.88 Å². The van der Waals surface area contributed by atoms with Crippen molar-refractivity contribution < 1.29 is 37.9 Å². The number of aromatic amines is 1. The van der Waals surface area contributed by atoms with Crippen LogP contribution in [0.4, 0.5) is 4.39 Å². The van der Waals surface area contributed by atoms with Gasteiger partial charge in [0, 0.05) is 17.7 Å². The molecule has 2 N–H and O–H groups in total. The number of aryl methyl sites for hydroxylation is 1. The van der Waals surface area contributed by atoms with E-state index >= 15 is 0 Å². The molecule has 1 saturated heterocycles. The molecule has 0 spiro atoms. The van der Waals surface area contributed by atoms with Gasteiger partial charge in [-0.2, -0.15) is 0 Å². The third-order valence-electron chi connectivity index (χ3n) is 9.55. The third kappa shape index (κ3) is 10.2. The maximum Gasteiger partial charge on any atom is 0.356 e. The Balaban J connectivity index is 1.26. The Kier molecular flexibility index (Phi) is 13.4.